The summed E-state index contributed by atoms with van der Waals surface area (Å²) < 4.78 is 8.86. The summed E-state index contributed by atoms with van der Waals surface area (Å²) in [5.41, 5.74) is 25.0. The smallest absolute Gasteiger partial charge is 0.145 e. The molecule has 684 valence electrons. The molecule has 0 aliphatic rings. The number of aryl methyl sites for hydroxylation is 2. The zero-order valence-electron chi connectivity index (χ0n) is 80.2. The third kappa shape index (κ3) is 15.0. The molecule has 0 saturated heterocycles. The molecule has 0 saturated carbocycles. The molecule has 0 N–H and O–H groups in total. The van der Waals surface area contributed by atoms with E-state index in [0.717, 1.165) is 101 Å². The second-order valence-electron chi connectivity index (χ2n) is 37.9. The van der Waals surface area contributed by atoms with Gasteiger partial charge in [0.15, 0.2) is 0 Å². The Balaban J connectivity index is 0.0000000967. The van der Waals surface area contributed by atoms with Crippen molar-refractivity contribution in [2.24, 2.45) is 14.1 Å². The molecule has 30 rings (SSSR count). The molecule has 4 aromatic heterocycles. The lowest BCUT2D eigenvalue weighted by Gasteiger charge is -2.14. The van der Waals surface area contributed by atoms with E-state index < -0.39 is 0 Å². The Morgan fingerprint density at radius 2 is 0.370 bits per heavy atom. The van der Waals surface area contributed by atoms with Gasteiger partial charge in [-0.25, -0.2) is 19.9 Å². The van der Waals surface area contributed by atoms with Crippen LogP contribution in [-0.2, 0) is 14.1 Å². The number of imidazole rings is 4. The molecule has 0 spiro atoms. The average molecular weight is 1860 g/mol. The normalized spacial score (nSPS) is 11.6. The summed E-state index contributed by atoms with van der Waals surface area (Å²) >= 11 is 0. The van der Waals surface area contributed by atoms with E-state index in [1.165, 1.54) is 174 Å². The Kier molecular flexibility index (Phi) is 21.2. The fourth-order valence-corrected chi connectivity index (χ4v) is 22.6. The largest absolute Gasteiger partial charge is 0.327 e. The number of nitrogens with zero attached hydrogens (tertiary/aromatic N) is 8. The zero-order valence-corrected chi connectivity index (χ0v) is 80.2. The van der Waals surface area contributed by atoms with Gasteiger partial charge >= 0.3 is 0 Å². The predicted octanol–water partition coefficient (Wildman–Crippen LogP) is 36.4. The van der Waals surface area contributed by atoms with E-state index in [9.17, 15) is 0 Å². The van der Waals surface area contributed by atoms with Crippen molar-refractivity contribution < 1.29 is 0 Å². The second-order valence-corrected chi connectivity index (χ2v) is 37.9. The first-order chi connectivity index (χ1) is 72.2. The van der Waals surface area contributed by atoms with E-state index in [-0.39, 0.29) is 0 Å². The van der Waals surface area contributed by atoms with Crippen LogP contribution >= 0.6 is 0 Å². The maximum Gasteiger partial charge on any atom is 0.145 e. The van der Waals surface area contributed by atoms with Crippen molar-refractivity contribution >= 4 is 173 Å². The molecule has 0 atom stereocenters. The monoisotopic (exact) mass is 1860 g/mol. The van der Waals surface area contributed by atoms with Gasteiger partial charge in [-0.2, -0.15) is 0 Å². The summed E-state index contributed by atoms with van der Waals surface area (Å²) in [4.78, 5) is 19.9. The second kappa shape index (κ2) is 36.1. The Labute approximate surface area is 842 Å². The number of para-hydroxylation sites is 10. The number of hydrogen-bond acceptors (Lipinski definition) is 4. The Morgan fingerprint density at radius 3 is 0.705 bits per heavy atom. The molecular formula is C138H92N8. The number of hydrogen-bond donors (Lipinski definition) is 0. The van der Waals surface area contributed by atoms with Crippen molar-refractivity contribution in [2.75, 3.05) is 0 Å². The van der Waals surface area contributed by atoms with Crippen molar-refractivity contribution in [1.82, 2.24) is 38.2 Å². The van der Waals surface area contributed by atoms with Crippen LogP contribution in [-0.4, -0.2) is 38.2 Å². The molecule has 30 aromatic rings. The molecular weight excluding hydrogens is 1770 g/mol. The van der Waals surface area contributed by atoms with Crippen LogP contribution in [0.3, 0.4) is 0 Å². The first kappa shape index (κ1) is 85.9. The van der Waals surface area contributed by atoms with E-state index in [0.29, 0.717) is 0 Å². The predicted molar refractivity (Wildman–Crippen MR) is 617 cm³/mol. The van der Waals surface area contributed by atoms with Crippen LogP contribution in [0.1, 0.15) is 0 Å². The average Bonchev–Trinajstić information content (AvgIpc) is 1.28. The summed E-state index contributed by atoms with van der Waals surface area (Å²) in [7, 11) is 4.17. The molecule has 0 aliphatic carbocycles. The zero-order chi connectivity index (χ0) is 96.8. The molecule has 0 aliphatic heterocycles. The number of benzene rings is 26. The van der Waals surface area contributed by atoms with E-state index >= 15 is 0 Å². The van der Waals surface area contributed by atoms with E-state index in [1.807, 2.05) is 24.3 Å². The first-order valence-electron chi connectivity index (χ1n) is 49.9. The van der Waals surface area contributed by atoms with Gasteiger partial charge in [0.25, 0.3) is 0 Å². The van der Waals surface area contributed by atoms with Gasteiger partial charge in [-0.15, -0.1) is 0 Å². The van der Waals surface area contributed by atoms with Crippen molar-refractivity contribution in [3.05, 3.63) is 522 Å². The molecule has 146 heavy (non-hydrogen) atoms. The van der Waals surface area contributed by atoms with Crippen molar-refractivity contribution in [2.45, 2.75) is 0 Å². The molecule has 26 aromatic carbocycles. The summed E-state index contributed by atoms with van der Waals surface area (Å²) in [6.07, 6.45) is 0. The Hall–Kier alpha value is -19.3. The van der Waals surface area contributed by atoms with Crippen LogP contribution in [0.5, 0.6) is 0 Å². The quantitative estimate of drug-likeness (QED) is 0.128. The third-order valence-corrected chi connectivity index (χ3v) is 29.5. The lowest BCUT2D eigenvalue weighted by Crippen LogP contribution is -1.97. The highest BCUT2D eigenvalue weighted by atomic mass is 15.1. The van der Waals surface area contributed by atoms with E-state index in [1.54, 1.807) is 0 Å². The summed E-state index contributed by atoms with van der Waals surface area (Å²) in [6, 6.07) is 187. The summed E-state index contributed by atoms with van der Waals surface area (Å²) in [5, 5.41) is 30.9. The molecule has 8 heteroatoms. The van der Waals surface area contributed by atoms with Gasteiger partial charge in [-0.05, 0) is 283 Å². The van der Waals surface area contributed by atoms with Gasteiger partial charge in [0.2, 0.25) is 0 Å². The Bertz CT molecular complexity index is 10400. The van der Waals surface area contributed by atoms with E-state index in [4.69, 9.17) is 19.9 Å². The van der Waals surface area contributed by atoms with Crippen LogP contribution in [0.4, 0.5) is 0 Å². The lowest BCUT2D eigenvalue weighted by molar-refractivity contribution is 0.959. The van der Waals surface area contributed by atoms with Crippen molar-refractivity contribution in [1.29, 1.82) is 0 Å². The third-order valence-electron chi connectivity index (χ3n) is 29.5. The number of rotatable bonds is 10. The number of aromatic nitrogens is 8. The standard InChI is InChI=1S/2C37H24N2.2C32H22N2/c1-2-14-29(15-3-1)39-35-20-9-8-19-34(35)38-37(39)28-13-10-12-26(23-28)33-24-27-22-21-25-11-4-5-16-30(25)36(27)32-18-7-6-17-31(32)33;1-2-11-29(12-3-1)39-35-17-9-8-16-34(35)38-37(39)27-21-18-26(19-22-27)33-24-28-23-20-25-10-4-5-13-30(25)36(28)32-15-7-6-14-31(32)33;1-34-30-16-7-6-15-29(30)33-32(34)24-11-8-10-22(19-24)28-20-23-18-17-21-9-2-3-12-25(21)31(23)27-14-5-4-13-26(27)28;1-34-30-13-7-6-12-29(30)33-32(34)23-17-14-22(15-18-23)28-20-24-19-16-21-8-2-3-9-25(21)31(24)27-11-5-4-10-26(27)28/h2*1-24H;2*2-20H,1H3. The summed E-state index contributed by atoms with van der Waals surface area (Å²) in [6.45, 7) is 0. The highest BCUT2D eigenvalue weighted by molar-refractivity contribution is 6.28. The van der Waals surface area contributed by atoms with Crippen LogP contribution in [0, 0.1) is 0 Å². The van der Waals surface area contributed by atoms with Gasteiger partial charge in [-0.3, -0.25) is 9.13 Å². The molecule has 0 unspecified atom stereocenters. The number of fused-ring (bicyclic) bond motifs is 24. The molecule has 4 heterocycles. The van der Waals surface area contributed by atoms with Crippen LogP contribution in [0.2, 0.25) is 0 Å². The highest BCUT2D eigenvalue weighted by Gasteiger charge is 2.23. The minimum Gasteiger partial charge on any atom is -0.327 e. The fourth-order valence-electron chi connectivity index (χ4n) is 22.6. The van der Waals surface area contributed by atoms with Gasteiger partial charge < -0.3 is 9.13 Å². The van der Waals surface area contributed by atoms with Gasteiger partial charge in [0.1, 0.15) is 23.3 Å². The maximum atomic E-state index is 5.10. The first-order valence-corrected chi connectivity index (χ1v) is 49.9. The van der Waals surface area contributed by atoms with Gasteiger partial charge in [-0.1, -0.05) is 413 Å². The van der Waals surface area contributed by atoms with Crippen LogP contribution < -0.4 is 0 Å². The van der Waals surface area contributed by atoms with Crippen molar-refractivity contribution in [3.8, 4) is 101 Å². The minimum atomic E-state index is 0.945. The molecule has 0 bridgehead atoms. The molecule has 0 radical (unpaired) electrons. The minimum absolute atomic E-state index is 0.945. The van der Waals surface area contributed by atoms with Crippen molar-refractivity contribution in [3.63, 3.8) is 0 Å². The topological polar surface area (TPSA) is 71.3 Å². The van der Waals surface area contributed by atoms with Gasteiger partial charge in [0.05, 0.1) is 44.1 Å². The van der Waals surface area contributed by atoms with Crippen LogP contribution in [0.25, 0.3) is 275 Å². The highest BCUT2D eigenvalue weighted by Crippen LogP contribution is 2.47. The summed E-state index contributed by atoms with van der Waals surface area (Å²) in [5.74, 6) is 3.87. The SMILES string of the molecule is Cn1c(-c2ccc(-c3cc4ccc5ccccc5c4c4ccccc34)cc2)nc2ccccc21.Cn1c(-c2cccc(-c3cc4ccc5ccccc5c4c4ccccc34)c2)nc2ccccc21.c1ccc(-n2c(-c3ccc(-c4cc5ccc6ccccc6c5c5ccccc45)cc3)nc3ccccc32)cc1.c1ccc(-n2c(-c3cccc(-c4cc5ccc6ccccc6c5c5ccccc45)c3)nc3ccccc32)cc1. The Morgan fingerprint density at radius 1 is 0.144 bits per heavy atom. The maximum absolute atomic E-state index is 5.10. The lowest BCUT2D eigenvalue weighted by atomic mass is 9.90. The van der Waals surface area contributed by atoms with Crippen LogP contribution in [0.15, 0.2) is 522 Å². The molecule has 8 nitrogen and oxygen atoms in total. The van der Waals surface area contributed by atoms with Gasteiger partial charge in [0, 0.05) is 47.7 Å². The molecule has 0 fully saturated rings. The fraction of sp³-hybridized carbons (Fsp3) is 0.0145. The molecule has 0 amide bonds. The van der Waals surface area contributed by atoms with E-state index in [2.05, 4.69) is 530 Å².